The summed E-state index contributed by atoms with van der Waals surface area (Å²) >= 11 is 0. The number of sulfonamides is 1. The molecule has 202 valence electrons. The molecule has 1 unspecified atom stereocenters. The maximum absolute atomic E-state index is 13.8. The van der Waals surface area contributed by atoms with Crippen LogP contribution in [0, 0.1) is 6.92 Å². The zero-order chi connectivity index (χ0) is 27.7. The first-order valence-corrected chi connectivity index (χ1v) is 14.0. The van der Waals surface area contributed by atoms with Gasteiger partial charge in [-0.15, -0.1) is 0 Å². The second-order valence-electron chi connectivity index (χ2n) is 9.00. The van der Waals surface area contributed by atoms with Crippen molar-refractivity contribution in [2.45, 2.75) is 44.7 Å². The first-order chi connectivity index (χ1) is 18.2. The van der Waals surface area contributed by atoms with E-state index in [0.29, 0.717) is 18.0 Å². The van der Waals surface area contributed by atoms with Crippen molar-refractivity contribution < 1.29 is 22.7 Å². The largest absolute Gasteiger partial charge is 0.497 e. The Balaban J connectivity index is 1.98. The molecule has 0 aliphatic rings. The van der Waals surface area contributed by atoms with Gasteiger partial charge in [0, 0.05) is 13.1 Å². The summed E-state index contributed by atoms with van der Waals surface area (Å²) in [6.45, 7) is 5.59. The van der Waals surface area contributed by atoms with E-state index in [1.165, 1.54) is 17.0 Å². The van der Waals surface area contributed by atoms with Crippen LogP contribution in [0.1, 0.15) is 31.4 Å². The molecule has 0 saturated carbocycles. The minimum absolute atomic E-state index is 0.0789. The number of carbonyl (C=O) groups excluding carboxylic acids is 2. The summed E-state index contributed by atoms with van der Waals surface area (Å²) in [5, 5.41) is 2.83. The van der Waals surface area contributed by atoms with Crippen LogP contribution in [0.5, 0.6) is 5.75 Å². The summed E-state index contributed by atoms with van der Waals surface area (Å²) in [4.78, 5) is 28.2. The second kappa shape index (κ2) is 13.1. The molecule has 3 aromatic carbocycles. The van der Waals surface area contributed by atoms with Crippen molar-refractivity contribution in [1.29, 1.82) is 0 Å². The van der Waals surface area contributed by atoms with Crippen LogP contribution in [-0.2, 0) is 26.2 Å². The van der Waals surface area contributed by atoms with Crippen LogP contribution in [-0.4, -0.2) is 51.4 Å². The molecule has 3 aromatic rings. The number of anilines is 1. The molecular weight excluding hydrogens is 502 g/mol. The molecule has 0 spiro atoms. The van der Waals surface area contributed by atoms with Crippen molar-refractivity contribution in [2.24, 2.45) is 0 Å². The number of ether oxygens (including phenoxy) is 1. The van der Waals surface area contributed by atoms with E-state index in [-0.39, 0.29) is 17.3 Å². The van der Waals surface area contributed by atoms with E-state index in [0.717, 1.165) is 21.9 Å². The lowest BCUT2D eigenvalue weighted by molar-refractivity contribution is -0.139. The van der Waals surface area contributed by atoms with Crippen LogP contribution in [0.25, 0.3) is 0 Å². The van der Waals surface area contributed by atoms with Gasteiger partial charge in [-0.05, 0) is 62.2 Å². The lowest BCUT2D eigenvalue weighted by atomic mass is 10.1. The normalized spacial score (nSPS) is 11.9. The van der Waals surface area contributed by atoms with Gasteiger partial charge in [0.1, 0.15) is 18.3 Å². The molecule has 0 saturated heterocycles. The SMILES string of the molecule is CCCNC(=O)C(C)N(Cc1ccc(OC)cc1)C(=O)CN(c1ccccc1)S(=O)(=O)c1ccc(C)cc1. The van der Waals surface area contributed by atoms with Crippen LogP contribution >= 0.6 is 0 Å². The van der Waals surface area contributed by atoms with Gasteiger partial charge >= 0.3 is 0 Å². The topological polar surface area (TPSA) is 96.0 Å². The summed E-state index contributed by atoms with van der Waals surface area (Å²) in [7, 11) is -2.51. The van der Waals surface area contributed by atoms with Crippen molar-refractivity contribution in [3.05, 3.63) is 90.0 Å². The van der Waals surface area contributed by atoms with Gasteiger partial charge in [-0.1, -0.05) is 55.0 Å². The zero-order valence-electron chi connectivity index (χ0n) is 22.3. The third kappa shape index (κ3) is 7.13. The van der Waals surface area contributed by atoms with Crippen molar-refractivity contribution >= 4 is 27.5 Å². The number of aryl methyl sites for hydroxylation is 1. The molecule has 0 aliphatic heterocycles. The number of benzene rings is 3. The van der Waals surface area contributed by atoms with E-state index in [1.54, 1.807) is 68.6 Å². The lowest BCUT2D eigenvalue weighted by Crippen LogP contribution is -2.51. The van der Waals surface area contributed by atoms with Crippen LogP contribution in [0.4, 0.5) is 5.69 Å². The molecule has 2 amide bonds. The van der Waals surface area contributed by atoms with E-state index < -0.39 is 28.5 Å². The number of para-hydroxylation sites is 1. The highest BCUT2D eigenvalue weighted by Crippen LogP contribution is 2.25. The molecule has 0 bridgehead atoms. The fourth-order valence-electron chi connectivity index (χ4n) is 3.87. The average Bonchev–Trinajstić information content (AvgIpc) is 2.93. The van der Waals surface area contributed by atoms with E-state index >= 15 is 0 Å². The fourth-order valence-corrected chi connectivity index (χ4v) is 5.28. The third-order valence-corrected chi connectivity index (χ3v) is 7.95. The molecule has 0 aromatic heterocycles. The highest BCUT2D eigenvalue weighted by Gasteiger charge is 2.32. The maximum Gasteiger partial charge on any atom is 0.264 e. The highest BCUT2D eigenvalue weighted by molar-refractivity contribution is 7.92. The van der Waals surface area contributed by atoms with Gasteiger partial charge in [-0.2, -0.15) is 0 Å². The molecule has 0 aliphatic carbocycles. The molecule has 8 nitrogen and oxygen atoms in total. The van der Waals surface area contributed by atoms with Gasteiger partial charge in [0.25, 0.3) is 10.0 Å². The maximum atomic E-state index is 13.8. The van der Waals surface area contributed by atoms with E-state index in [4.69, 9.17) is 4.74 Å². The highest BCUT2D eigenvalue weighted by atomic mass is 32.2. The summed E-state index contributed by atoms with van der Waals surface area (Å²) in [6.07, 6.45) is 0.751. The Bertz CT molecular complexity index is 1310. The van der Waals surface area contributed by atoms with Gasteiger partial charge in [-0.3, -0.25) is 13.9 Å². The Kier molecular flexibility index (Phi) is 9.90. The first kappa shape index (κ1) is 28.7. The number of methoxy groups -OCH3 is 1. The number of amides is 2. The molecular formula is C29H35N3O5S. The molecule has 9 heteroatoms. The first-order valence-electron chi connectivity index (χ1n) is 12.5. The Hall–Kier alpha value is -3.85. The van der Waals surface area contributed by atoms with Crippen molar-refractivity contribution in [2.75, 3.05) is 24.5 Å². The lowest BCUT2D eigenvalue weighted by Gasteiger charge is -2.32. The Morgan fingerprint density at radius 2 is 1.58 bits per heavy atom. The quantitative estimate of drug-likeness (QED) is 0.375. The summed E-state index contributed by atoms with van der Waals surface area (Å²) in [6, 6.07) is 21.3. The number of hydrogen-bond donors (Lipinski definition) is 1. The molecule has 38 heavy (non-hydrogen) atoms. The van der Waals surface area contributed by atoms with E-state index in [1.807, 2.05) is 26.0 Å². The number of nitrogens with zero attached hydrogens (tertiary/aromatic N) is 2. The minimum Gasteiger partial charge on any atom is -0.497 e. The van der Waals surface area contributed by atoms with Crippen LogP contribution in [0.2, 0.25) is 0 Å². The van der Waals surface area contributed by atoms with E-state index in [9.17, 15) is 18.0 Å². The van der Waals surface area contributed by atoms with Gasteiger partial charge in [0.05, 0.1) is 17.7 Å². The van der Waals surface area contributed by atoms with Gasteiger partial charge in [0.2, 0.25) is 11.8 Å². The Morgan fingerprint density at radius 1 is 0.947 bits per heavy atom. The minimum atomic E-state index is -4.07. The number of rotatable bonds is 12. The third-order valence-electron chi connectivity index (χ3n) is 6.16. The smallest absolute Gasteiger partial charge is 0.264 e. The summed E-state index contributed by atoms with van der Waals surface area (Å²) in [5.74, 6) is -0.138. The Labute approximate surface area is 225 Å². The zero-order valence-corrected chi connectivity index (χ0v) is 23.1. The van der Waals surface area contributed by atoms with Gasteiger partial charge < -0.3 is 15.0 Å². The van der Waals surface area contributed by atoms with Crippen molar-refractivity contribution in [3.63, 3.8) is 0 Å². The summed E-state index contributed by atoms with van der Waals surface area (Å²) in [5.41, 5.74) is 2.06. The number of carbonyl (C=O) groups is 2. The van der Waals surface area contributed by atoms with Crippen molar-refractivity contribution in [1.82, 2.24) is 10.2 Å². The Morgan fingerprint density at radius 3 is 2.16 bits per heavy atom. The van der Waals surface area contributed by atoms with Crippen molar-refractivity contribution in [3.8, 4) is 5.75 Å². The number of nitrogens with one attached hydrogen (secondary N) is 1. The second-order valence-corrected chi connectivity index (χ2v) is 10.9. The number of hydrogen-bond acceptors (Lipinski definition) is 5. The monoisotopic (exact) mass is 537 g/mol. The molecule has 0 heterocycles. The average molecular weight is 538 g/mol. The molecule has 1 N–H and O–H groups in total. The van der Waals surface area contributed by atoms with Crippen LogP contribution in [0.3, 0.4) is 0 Å². The standard InChI is InChI=1S/C29H35N3O5S/c1-5-19-30-29(34)23(3)31(20-24-13-15-26(37-4)16-14-24)28(33)21-32(25-9-7-6-8-10-25)38(35,36)27-17-11-22(2)12-18-27/h6-18,23H,5,19-21H2,1-4H3,(H,30,34). The molecule has 3 rings (SSSR count). The van der Waals surface area contributed by atoms with Gasteiger partial charge in [-0.25, -0.2) is 8.42 Å². The van der Waals surface area contributed by atoms with Crippen LogP contribution < -0.4 is 14.4 Å². The summed E-state index contributed by atoms with van der Waals surface area (Å²) < 4.78 is 33.8. The van der Waals surface area contributed by atoms with Crippen LogP contribution in [0.15, 0.2) is 83.8 Å². The fraction of sp³-hybridized carbons (Fsp3) is 0.310. The molecule has 0 radical (unpaired) electrons. The van der Waals surface area contributed by atoms with Gasteiger partial charge in [0.15, 0.2) is 0 Å². The molecule has 0 fully saturated rings. The predicted molar refractivity (Wildman–Crippen MR) is 148 cm³/mol. The predicted octanol–water partition coefficient (Wildman–Crippen LogP) is 4.14. The van der Waals surface area contributed by atoms with E-state index in [2.05, 4.69) is 5.32 Å². The molecule has 1 atom stereocenters.